The van der Waals surface area contributed by atoms with Crippen LogP contribution in [0.4, 0.5) is 4.79 Å². The summed E-state index contributed by atoms with van der Waals surface area (Å²) in [7, 11) is 0. The second kappa shape index (κ2) is 7.17. The number of hydrogen-bond donors (Lipinski definition) is 2. The molecule has 1 aromatic rings. The van der Waals surface area contributed by atoms with Gasteiger partial charge in [-0.25, -0.2) is 4.79 Å². The molecule has 1 unspecified atom stereocenters. The average Bonchev–Trinajstić information content (AvgIpc) is 2.60. The van der Waals surface area contributed by atoms with E-state index in [0.29, 0.717) is 49.1 Å². The second-order valence-corrected chi connectivity index (χ2v) is 6.29. The summed E-state index contributed by atoms with van der Waals surface area (Å²) in [6, 6.07) is 3.25. The van der Waals surface area contributed by atoms with Crippen LogP contribution in [-0.4, -0.2) is 48.3 Å². The molecule has 7 nitrogen and oxygen atoms in total. The number of nitrogens with zero attached hydrogens (tertiary/aromatic N) is 1. The molecule has 2 N–H and O–H groups in total. The number of ether oxygens (including phenoxy) is 2. The number of urea groups is 1. The highest BCUT2D eigenvalue weighted by atomic mass is 35.5. The van der Waals surface area contributed by atoms with Gasteiger partial charge in [0, 0.05) is 19.6 Å². The van der Waals surface area contributed by atoms with E-state index < -0.39 is 11.9 Å². The minimum atomic E-state index is -0.855. The fourth-order valence-corrected chi connectivity index (χ4v) is 3.21. The van der Waals surface area contributed by atoms with E-state index in [9.17, 15) is 9.59 Å². The smallest absolute Gasteiger partial charge is 0.317 e. The predicted octanol–water partition coefficient (Wildman–Crippen LogP) is 2.12. The Morgan fingerprint density at radius 1 is 1.33 bits per heavy atom. The molecule has 1 atom stereocenters. The topological polar surface area (TPSA) is 88.1 Å². The van der Waals surface area contributed by atoms with Crippen LogP contribution in [0.1, 0.15) is 18.4 Å². The van der Waals surface area contributed by atoms with Crippen LogP contribution in [0, 0.1) is 5.92 Å². The molecule has 0 aromatic heterocycles. The fraction of sp³-hybridized carbons (Fsp3) is 0.500. The zero-order valence-corrected chi connectivity index (χ0v) is 13.8. The molecule has 130 valence electrons. The Morgan fingerprint density at radius 2 is 2.12 bits per heavy atom. The third kappa shape index (κ3) is 3.67. The van der Waals surface area contributed by atoms with Gasteiger partial charge in [0.25, 0.3) is 0 Å². The number of carbonyl (C=O) groups excluding carboxylic acids is 1. The Kier molecular flexibility index (Phi) is 4.99. The number of carboxylic acid groups (broad SMARTS) is 1. The lowest BCUT2D eigenvalue weighted by molar-refractivity contribution is -0.143. The van der Waals surface area contributed by atoms with Gasteiger partial charge >= 0.3 is 12.0 Å². The second-order valence-electron chi connectivity index (χ2n) is 5.88. The Balaban J connectivity index is 1.60. The molecule has 2 aliphatic heterocycles. The van der Waals surface area contributed by atoms with E-state index >= 15 is 0 Å². The van der Waals surface area contributed by atoms with Crippen molar-refractivity contribution in [3.8, 4) is 11.5 Å². The molecule has 0 spiro atoms. The van der Waals surface area contributed by atoms with Crippen molar-refractivity contribution in [2.45, 2.75) is 19.4 Å². The number of nitrogens with one attached hydrogen (secondary N) is 1. The molecule has 0 radical (unpaired) electrons. The molecule has 24 heavy (non-hydrogen) atoms. The van der Waals surface area contributed by atoms with Crippen LogP contribution in [0.2, 0.25) is 5.02 Å². The van der Waals surface area contributed by atoms with Crippen molar-refractivity contribution < 1.29 is 24.2 Å². The summed E-state index contributed by atoms with van der Waals surface area (Å²) >= 11 is 6.17. The summed E-state index contributed by atoms with van der Waals surface area (Å²) in [5.41, 5.74) is 0.796. The highest BCUT2D eigenvalue weighted by Crippen LogP contribution is 2.38. The van der Waals surface area contributed by atoms with E-state index in [1.165, 1.54) is 0 Å². The van der Waals surface area contributed by atoms with E-state index in [2.05, 4.69) is 5.32 Å². The number of carbonyl (C=O) groups is 2. The van der Waals surface area contributed by atoms with Crippen LogP contribution in [0.25, 0.3) is 0 Å². The van der Waals surface area contributed by atoms with Crippen molar-refractivity contribution in [3.05, 3.63) is 22.7 Å². The molecule has 0 bridgehead atoms. The van der Waals surface area contributed by atoms with Crippen molar-refractivity contribution in [1.29, 1.82) is 0 Å². The number of amides is 2. The minimum Gasteiger partial charge on any atom is -0.486 e. The van der Waals surface area contributed by atoms with Gasteiger partial charge in [0.1, 0.15) is 13.2 Å². The van der Waals surface area contributed by atoms with Gasteiger partial charge in [-0.3, -0.25) is 4.79 Å². The Labute approximate surface area is 144 Å². The van der Waals surface area contributed by atoms with Gasteiger partial charge in [-0.05, 0) is 30.5 Å². The number of fused-ring (bicyclic) bond motifs is 1. The van der Waals surface area contributed by atoms with Gasteiger partial charge < -0.3 is 24.8 Å². The maximum atomic E-state index is 12.2. The first kappa shape index (κ1) is 16.7. The molecule has 8 heteroatoms. The quantitative estimate of drug-likeness (QED) is 0.868. The van der Waals surface area contributed by atoms with Crippen molar-refractivity contribution >= 4 is 23.6 Å². The number of rotatable bonds is 3. The Hall–Kier alpha value is -2.15. The normalized spacial score (nSPS) is 19.7. The van der Waals surface area contributed by atoms with Gasteiger partial charge in [-0.15, -0.1) is 0 Å². The number of halogens is 1. The lowest BCUT2D eigenvalue weighted by atomic mass is 9.99. The van der Waals surface area contributed by atoms with Crippen LogP contribution in [-0.2, 0) is 11.3 Å². The SMILES string of the molecule is O=C(O)C1CCCN(C(=O)NCc2cc(Cl)c3c(c2)OCCO3)C1. The first-order chi connectivity index (χ1) is 11.5. The number of piperidine rings is 1. The lowest BCUT2D eigenvalue weighted by Crippen LogP contribution is -2.46. The summed E-state index contributed by atoms with van der Waals surface area (Å²) in [5, 5.41) is 12.3. The lowest BCUT2D eigenvalue weighted by Gasteiger charge is -2.30. The fourth-order valence-electron chi connectivity index (χ4n) is 2.92. The molecular formula is C16H19ClN2O5. The third-order valence-corrected chi connectivity index (χ3v) is 4.44. The van der Waals surface area contributed by atoms with Crippen LogP contribution in [0.5, 0.6) is 11.5 Å². The number of benzene rings is 1. The Morgan fingerprint density at radius 3 is 2.92 bits per heavy atom. The highest BCUT2D eigenvalue weighted by molar-refractivity contribution is 6.32. The zero-order chi connectivity index (χ0) is 17.1. The maximum absolute atomic E-state index is 12.2. The summed E-state index contributed by atoms with van der Waals surface area (Å²) in [4.78, 5) is 24.9. The van der Waals surface area contributed by atoms with Crippen LogP contribution in [0.15, 0.2) is 12.1 Å². The summed E-state index contributed by atoms with van der Waals surface area (Å²) in [6.45, 7) is 2.01. The maximum Gasteiger partial charge on any atom is 0.317 e. The molecule has 1 saturated heterocycles. The number of carboxylic acids is 1. The van der Waals surface area contributed by atoms with Crippen LogP contribution < -0.4 is 14.8 Å². The van der Waals surface area contributed by atoms with Crippen LogP contribution in [0.3, 0.4) is 0 Å². The first-order valence-corrected chi connectivity index (χ1v) is 8.26. The third-order valence-electron chi connectivity index (χ3n) is 4.16. The van der Waals surface area contributed by atoms with Gasteiger partial charge in [0.05, 0.1) is 10.9 Å². The predicted molar refractivity (Wildman–Crippen MR) is 86.6 cm³/mol. The van der Waals surface area contributed by atoms with Crippen molar-refractivity contribution in [1.82, 2.24) is 10.2 Å². The summed E-state index contributed by atoms with van der Waals surface area (Å²) in [6.07, 6.45) is 1.30. The standard InChI is InChI=1S/C16H19ClN2O5/c17-12-6-10(7-13-14(12)24-5-4-23-13)8-18-16(22)19-3-1-2-11(9-19)15(20)21/h6-7,11H,1-5,8-9H2,(H,18,22)(H,20,21). The van der Waals surface area contributed by atoms with Gasteiger partial charge in [-0.1, -0.05) is 11.6 Å². The van der Waals surface area contributed by atoms with Crippen molar-refractivity contribution in [2.24, 2.45) is 5.92 Å². The molecule has 2 aliphatic rings. The van der Waals surface area contributed by atoms with E-state index in [-0.39, 0.29) is 19.1 Å². The molecule has 0 aliphatic carbocycles. The van der Waals surface area contributed by atoms with E-state index in [1.54, 1.807) is 17.0 Å². The largest absolute Gasteiger partial charge is 0.486 e. The van der Waals surface area contributed by atoms with E-state index in [0.717, 1.165) is 5.56 Å². The number of aliphatic carboxylic acids is 1. The highest BCUT2D eigenvalue weighted by Gasteiger charge is 2.28. The molecule has 2 heterocycles. The van der Waals surface area contributed by atoms with Gasteiger partial charge in [-0.2, -0.15) is 0 Å². The summed E-state index contributed by atoms with van der Waals surface area (Å²) < 4.78 is 11.0. The van der Waals surface area contributed by atoms with E-state index in [4.69, 9.17) is 26.2 Å². The monoisotopic (exact) mass is 354 g/mol. The van der Waals surface area contributed by atoms with Crippen molar-refractivity contribution in [3.63, 3.8) is 0 Å². The van der Waals surface area contributed by atoms with Crippen molar-refractivity contribution in [2.75, 3.05) is 26.3 Å². The first-order valence-electron chi connectivity index (χ1n) is 7.88. The zero-order valence-electron chi connectivity index (χ0n) is 13.1. The van der Waals surface area contributed by atoms with E-state index in [1.807, 2.05) is 0 Å². The molecular weight excluding hydrogens is 336 g/mol. The molecule has 1 fully saturated rings. The van der Waals surface area contributed by atoms with Crippen LogP contribution >= 0.6 is 11.6 Å². The molecule has 3 rings (SSSR count). The molecule has 2 amide bonds. The molecule has 0 saturated carbocycles. The molecule has 1 aromatic carbocycles. The summed E-state index contributed by atoms with van der Waals surface area (Å²) in [5.74, 6) is -0.250. The van der Waals surface area contributed by atoms with Gasteiger partial charge in [0.2, 0.25) is 0 Å². The number of hydrogen-bond acceptors (Lipinski definition) is 4. The Bertz CT molecular complexity index is 652. The van der Waals surface area contributed by atoms with Gasteiger partial charge in [0.15, 0.2) is 11.5 Å². The average molecular weight is 355 g/mol. The number of likely N-dealkylation sites (tertiary alicyclic amines) is 1. The minimum absolute atomic E-state index is 0.239.